The van der Waals surface area contributed by atoms with Gasteiger partial charge < -0.3 is 0 Å². The van der Waals surface area contributed by atoms with Crippen molar-refractivity contribution < 1.29 is 13.2 Å². The van der Waals surface area contributed by atoms with Crippen LogP contribution in [-0.4, -0.2) is 11.4 Å². The Balaban J connectivity index is 2.61. The zero-order chi connectivity index (χ0) is 9.90. The Hall–Kier alpha value is -0.640. The molecule has 0 radical (unpaired) electrons. The van der Waals surface area contributed by atoms with Gasteiger partial charge in [0.2, 0.25) is 0 Å². The molecule has 72 valence electrons. The topological polar surface area (TPSA) is 0 Å². The van der Waals surface area contributed by atoms with E-state index in [1.807, 2.05) is 0 Å². The second-order valence-corrected chi connectivity index (χ2v) is 4.03. The molecule has 0 spiro atoms. The first-order chi connectivity index (χ1) is 6.00. The lowest BCUT2D eigenvalue weighted by Crippen LogP contribution is -2.21. The van der Waals surface area contributed by atoms with Crippen LogP contribution in [0.5, 0.6) is 0 Å². The summed E-state index contributed by atoms with van der Waals surface area (Å²) in [6.45, 7) is 1.16. The van der Waals surface area contributed by atoms with Gasteiger partial charge in [-0.3, -0.25) is 0 Å². The van der Waals surface area contributed by atoms with Gasteiger partial charge in [-0.2, -0.15) is 13.2 Å². The minimum absolute atomic E-state index is 0.646. The van der Waals surface area contributed by atoms with Crippen LogP contribution in [0.2, 0.25) is 0 Å². The first kappa shape index (κ1) is 10.4. The maximum Gasteiger partial charge on any atom is 0.400 e. The largest absolute Gasteiger partial charge is 0.400 e. The van der Waals surface area contributed by atoms with E-state index in [9.17, 15) is 13.2 Å². The van der Waals surface area contributed by atoms with Crippen LogP contribution in [0.25, 0.3) is 0 Å². The molecular formula is C9H9F3S. The smallest absolute Gasteiger partial charge is 0.170 e. The predicted octanol–water partition coefficient (Wildman–Crippen LogP) is 3.73. The molecule has 0 amide bonds. The normalized spacial score (nSPS) is 14.2. The number of alkyl halides is 3. The molecule has 0 heterocycles. The summed E-state index contributed by atoms with van der Waals surface area (Å²) in [4.78, 5) is 0.646. The Kier molecular flexibility index (Phi) is 3.25. The van der Waals surface area contributed by atoms with E-state index in [4.69, 9.17) is 0 Å². The van der Waals surface area contributed by atoms with Crippen LogP contribution in [-0.2, 0) is 0 Å². The van der Waals surface area contributed by atoms with E-state index in [1.165, 1.54) is 0 Å². The lowest BCUT2D eigenvalue weighted by Gasteiger charge is -2.14. The number of benzene rings is 1. The molecule has 0 aromatic heterocycles. The lowest BCUT2D eigenvalue weighted by atomic mass is 10.4. The van der Waals surface area contributed by atoms with Crippen LogP contribution in [0.4, 0.5) is 13.2 Å². The van der Waals surface area contributed by atoms with Gasteiger partial charge in [0.15, 0.2) is 0 Å². The molecule has 0 saturated heterocycles. The van der Waals surface area contributed by atoms with Crippen molar-refractivity contribution in [2.45, 2.75) is 23.2 Å². The molecule has 1 rings (SSSR count). The summed E-state index contributed by atoms with van der Waals surface area (Å²) in [6, 6.07) is 8.58. The summed E-state index contributed by atoms with van der Waals surface area (Å²) in [5.74, 6) is 0. The molecule has 1 unspecified atom stereocenters. The van der Waals surface area contributed by atoms with Gasteiger partial charge in [-0.1, -0.05) is 18.2 Å². The molecule has 13 heavy (non-hydrogen) atoms. The summed E-state index contributed by atoms with van der Waals surface area (Å²) in [5, 5.41) is -1.35. The third-order valence-electron chi connectivity index (χ3n) is 1.52. The molecule has 0 aliphatic rings. The number of hydrogen-bond donors (Lipinski definition) is 0. The van der Waals surface area contributed by atoms with E-state index >= 15 is 0 Å². The molecule has 0 N–H and O–H groups in total. The summed E-state index contributed by atoms with van der Waals surface area (Å²) >= 11 is 0.826. The van der Waals surface area contributed by atoms with Crippen LogP contribution in [0.3, 0.4) is 0 Å². The first-order valence-electron chi connectivity index (χ1n) is 3.78. The van der Waals surface area contributed by atoms with Gasteiger partial charge >= 0.3 is 6.18 Å². The standard InChI is InChI=1S/C9H9F3S/c1-7(9(10,11)12)13-8-5-3-2-4-6-8/h2-7H,1H3. The molecule has 0 aliphatic carbocycles. The molecule has 0 bridgehead atoms. The molecule has 0 aliphatic heterocycles. The van der Waals surface area contributed by atoms with Crippen molar-refractivity contribution in [2.75, 3.05) is 0 Å². The molecule has 4 heteroatoms. The SMILES string of the molecule is CC(Sc1ccccc1)C(F)(F)F. The van der Waals surface area contributed by atoms with Gasteiger partial charge in [-0.25, -0.2) is 0 Å². The van der Waals surface area contributed by atoms with E-state index in [0.717, 1.165) is 18.7 Å². The van der Waals surface area contributed by atoms with Crippen LogP contribution in [0.15, 0.2) is 35.2 Å². The predicted molar refractivity (Wildman–Crippen MR) is 47.8 cm³/mol. The molecule has 0 fully saturated rings. The molecule has 1 aromatic carbocycles. The van der Waals surface area contributed by atoms with Crippen LogP contribution in [0.1, 0.15) is 6.92 Å². The maximum absolute atomic E-state index is 12.1. The third-order valence-corrected chi connectivity index (χ3v) is 2.68. The van der Waals surface area contributed by atoms with Crippen molar-refractivity contribution in [1.82, 2.24) is 0 Å². The van der Waals surface area contributed by atoms with Crippen molar-refractivity contribution in [3.63, 3.8) is 0 Å². The van der Waals surface area contributed by atoms with E-state index < -0.39 is 11.4 Å². The fraction of sp³-hybridized carbons (Fsp3) is 0.333. The first-order valence-corrected chi connectivity index (χ1v) is 4.66. The highest BCUT2D eigenvalue weighted by Crippen LogP contribution is 2.34. The zero-order valence-electron chi connectivity index (χ0n) is 7.01. The van der Waals surface area contributed by atoms with Gasteiger partial charge in [-0.15, -0.1) is 11.8 Å². The van der Waals surface area contributed by atoms with Gasteiger partial charge in [0.05, 0.1) is 0 Å². The summed E-state index contributed by atoms with van der Waals surface area (Å²) in [6.07, 6.45) is -4.12. The average molecular weight is 206 g/mol. The Morgan fingerprint density at radius 3 is 2.15 bits per heavy atom. The Labute approximate surface area is 79.1 Å². The van der Waals surface area contributed by atoms with Gasteiger partial charge in [0.25, 0.3) is 0 Å². The second-order valence-electron chi connectivity index (χ2n) is 2.61. The highest BCUT2D eigenvalue weighted by atomic mass is 32.2. The van der Waals surface area contributed by atoms with Crippen molar-refractivity contribution in [3.8, 4) is 0 Å². The highest BCUT2D eigenvalue weighted by Gasteiger charge is 2.36. The van der Waals surface area contributed by atoms with Crippen molar-refractivity contribution in [2.24, 2.45) is 0 Å². The quantitative estimate of drug-likeness (QED) is 0.664. The average Bonchev–Trinajstić information content (AvgIpc) is 2.04. The van der Waals surface area contributed by atoms with Crippen molar-refractivity contribution >= 4 is 11.8 Å². The molecule has 1 aromatic rings. The van der Waals surface area contributed by atoms with E-state index in [2.05, 4.69) is 0 Å². The number of rotatable bonds is 2. The highest BCUT2D eigenvalue weighted by molar-refractivity contribution is 8.00. The van der Waals surface area contributed by atoms with E-state index in [0.29, 0.717) is 4.90 Å². The second kappa shape index (κ2) is 4.05. The van der Waals surface area contributed by atoms with Crippen LogP contribution in [0, 0.1) is 0 Å². The monoisotopic (exact) mass is 206 g/mol. The zero-order valence-corrected chi connectivity index (χ0v) is 7.82. The minimum Gasteiger partial charge on any atom is -0.170 e. The number of hydrogen-bond acceptors (Lipinski definition) is 1. The number of halogens is 3. The van der Waals surface area contributed by atoms with Crippen LogP contribution < -0.4 is 0 Å². The summed E-state index contributed by atoms with van der Waals surface area (Å²) in [7, 11) is 0. The van der Waals surface area contributed by atoms with Crippen molar-refractivity contribution in [1.29, 1.82) is 0 Å². The van der Waals surface area contributed by atoms with Crippen molar-refractivity contribution in [3.05, 3.63) is 30.3 Å². The van der Waals surface area contributed by atoms with Gasteiger partial charge in [-0.05, 0) is 19.1 Å². The molecule has 0 nitrogen and oxygen atoms in total. The Morgan fingerprint density at radius 1 is 1.15 bits per heavy atom. The van der Waals surface area contributed by atoms with Crippen LogP contribution >= 0.6 is 11.8 Å². The fourth-order valence-corrected chi connectivity index (χ4v) is 1.63. The number of thioether (sulfide) groups is 1. The molecule has 1 atom stereocenters. The minimum atomic E-state index is -4.12. The van der Waals surface area contributed by atoms with Gasteiger partial charge in [0, 0.05) is 4.90 Å². The van der Waals surface area contributed by atoms with E-state index in [1.54, 1.807) is 30.3 Å². The molecular weight excluding hydrogens is 197 g/mol. The summed E-state index contributed by atoms with van der Waals surface area (Å²) < 4.78 is 36.3. The molecule has 0 saturated carbocycles. The Bertz CT molecular complexity index is 255. The summed E-state index contributed by atoms with van der Waals surface area (Å²) in [5.41, 5.74) is 0. The maximum atomic E-state index is 12.1. The Morgan fingerprint density at radius 2 is 1.69 bits per heavy atom. The van der Waals surface area contributed by atoms with E-state index in [-0.39, 0.29) is 0 Å². The fourth-order valence-electron chi connectivity index (χ4n) is 0.770. The van der Waals surface area contributed by atoms with Gasteiger partial charge in [0.1, 0.15) is 5.25 Å². The lowest BCUT2D eigenvalue weighted by molar-refractivity contribution is -0.125. The third kappa shape index (κ3) is 3.30.